The molecule has 0 unspecified atom stereocenters. The van der Waals surface area contributed by atoms with E-state index in [2.05, 4.69) is 11.1 Å². The van der Waals surface area contributed by atoms with Crippen LogP contribution in [0.3, 0.4) is 0 Å². The maximum atomic E-state index is 12.8. The molecular formula is C12H14FN3. The van der Waals surface area contributed by atoms with Crippen molar-refractivity contribution in [3.05, 3.63) is 23.5 Å². The lowest BCUT2D eigenvalue weighted by Gasteiger charge is -2.25. The van der Waals surface area contributed by atoms with Crippen LogP contribution in [0.2, 0.25) is 0 Å². The van der Waals surface area contributed by atoms with Crippen molar-refractivity contribution in [1.29, 1.82) is 5.26 Å². The first kappa shape index (κ1) is 10.9. The van der Waals surface area contributed by atoms with Crippen molar-refractivity contribution in [2.45, 2.75) is 25.8 Å². The monoisotopic (exact) mass is 219 g/mol. The molecule has 1 saturated heterocycles. The maximum Gasteiger partial charge on any atom is 0.110 e. The Morgan fingerprint density at radius 1 is 1.69 bits per heavy atom. The molecule has 1 atom stereocenters. The van der Waals surface area contributed by atoms with E-state index in [1.165, 1.54) is 0 Å². The number of hydrogen-bond acceptors (Lipinski definition) is 3. The number of rotatable bonds is 2. The lowest BCUT2D eigenvalue weighted by atomic mass is 10.2. The second-order valence-electron chi connectivity index (χ2n) is 4.10. The van der Waals surface area contributed by atoms with Gasteiger partial charge < -0.3 is 4.90 Å². The molecule has 2 rings (SSSR count). The average molecular weight is 219 g/mol. The van der Waals surface area contributed by atoms with Crippen LogP contribution in [-0.4, -0.2) is 24.2 Å². The summed E-state index contributed by atoms with van der Waals surface area (Å²) in [6.45, 7) is 2.35. The van der Waals surface area contributed by atoms with Crippen LogP contribution < -0.4 is 4.90 Å². The number of anilines is 1. The highest BCUT2D eigenvalue weighted by Gasteiger charge is 2.26. The van der Waals surface area contributed by atoms with Crippen LogP contribution in [0, 0.1) is 18.3 Å². The van der Waals surface area contributed by atoms with E-state index in [4.69, 9.17) is 5.26 Å². The first-order valence-corrected chi connectivity index (χ1v) is 5.45. The summed E-state index contributed by atoms with van der Waals surface area (Å²) in [5.41, 5.74) is 2.22. The molecule has 0 bridgehead atoms. The fourth-order valence-corrected chi connectivity index (χ4v) is 2.18. The minimum atomic E-state index is -0.355. The van der Waals surface area contributed by atoms with E-state index < -0.39 is 0 Å². The fraction of sp³-hybridized carbons (Fsp3) is 0.500. The van der Waals surface area contributed by atoms with Crippen molar-refractivity contribution in [3.8, 4) is 6.07 Å². The van der Waals surface area contributed by atoms with Gasteiger partial charge in [0.15, 0.2) is 0 Å². The predicted molar refractivity (Wildman–Crippen MR) is 60.0 cm³/mol. The zero-order chi connectivity index (χ0) is 11.5. The van der Waals surface area contributed by atoms with E-state index in [0.29, 0.717) is 5.56 Å². The normalized spacial score (nSPS) is 19.8. The van der Waals surface area contributed by atoms with Gasteiger partial charge in [0.1, 0.15) is 12.7 Å². The average Bonchev–Trinajstić information content (AvgIpc) is 2.76. The molecule has 0 N–H and O–H groups in total. The Balaban J connectivity index is 2.39. The number of nitrogens with zero attached hydrogens (tertiary/aromatic N) is 3. The van der Waals surface area contributed by atoms with Crippen LogP contribution in [0.5, 0.6) is 0 Å². The number of aryl methyl sites for hydroxylation is 1. The summed E-state index contributed by atoms with van der Waals surface area (Å²) >= 11 is 0. The quantitative estimate of drug-likeness (QED) is 0.765. The molecule has 84 valence electrons. The number of pyridine rings is 1. The Labute approximate surface area is 94.5 Å². The molecule has 2 heterocycles. The topological polar surface area (TPSA) is 39.9 Å². The summed E-state index contributed by atoms with van der Waals surface area (Å²) in [6.07, 6.45) is 3.42. The molecule has 3 nitrogen and oxygen atoms in total. The molecule has 1 aliphatic rings. The van der Waals surface area contributed by atoms with E-state index in [1.54, 1.807) is 6.20 Å². The molecular weight excluding hydrogens is 205 g/mol. The third kappa shape index (κ3) is 1.85. The Kier molecular flexibility index (Phi) is 3.04. The highest BCUT2D eigenvalue weighted by atomic mass is 19.1. The van der Waals surface area contributed by atoms with Crippen molar-refractivity contribution in [1.82, 2.24) is 4.98 Å². The minimum Gasteiger partial charge on any atom is -0.365 e. The molecule has 0 radical (unpaired) electrons. The van der Waals surface area contributed by atoms with Gasteiger partial charge in [0.05, 0.1) is 17.3 Å². The Bertz CT molecular complexity index is 425. The molecule has 0 saturated carbocycles. The molecule has 16 heavy (non-hydrogen) atoms. The van der Waals surface area contributed by atoms with Crippen LogP contribution in [-0.2, 0) is 0 Å². The lowest BCUT2D eigenvalue weighted by Crippen LogP contribution is -2.31. The third-order valence-electron chi connectivity index (χ3n) is 3.00. The number of nitriles is 1. The standard InChI is InChI=1S/C12H14FN3/c1-9-5-12(10(7-14)8-15-9)16-4-2-3-11(16)6-13/h5,8,11H,2-4,6H2,1H3/t11-/m1/s1. The van der Waals surface area contributed by atoms with Gasteiger partial charge in [-0.1, -0.05) is 0 Å². The van der Waals surface area contributed by atoms with Crippen molar-refractivity contribution in [2.24, 2.45) is 0 Å². The zero-order valence-electron chi connectivity index (χ0n) is 9.28. The molecule has 1 fully saturated rings. The summed E-state index contributed by atoms with van der Waals surface area (Å²) < 4.78 is 12.8. The highest BCUT2D eigenvalue weighted by molar-refractivity contribution is 5.60. The van der Waals surface area contributed by atoms with E-state index in [-0.39, 0.29) is 12.7 Å². The van der Waals surface area contributed by atoms with Crippen LogP contribution in [0.4, 0.5) is 10.1 Å². The summed E-state index contributed by atoms with van der Waals surface area (Å²) in [5.74, 6) is 0. The van der Waals surface area contributed by atoms with Gasteiger partial charge in [-0.05, 0) is 25.8 Å². The van der Waals surface area contributed by atoms with E-state index in [9.17, 15) is 4.39 Å². The zero-order valence-corrected chi connectivity index (χ0v) is 9.28. The highest BCUT2D eigenvalue weighted by Crippen LogP contribution is 2.28. The first-order valence-electron chi connectivity index (χ1n) is 5.45. The second-order valence-corrected chi connectivity index (χ2v) is 4.10. The van der Waals surface area contributed by atoms with Gasteiger partial charge in [0.25, 0.3) is 0 Å². The van der Waals surface area contributed by atoms with Crippen molar-refractivity contribution < 1.29 is 4.39 Å². The molecule has 0 aromatic carbocycles. The van der Waals surface area contributed by atoms with Crippen LogP contribution >= 0.6 is 0 Å². The number of halogens is 1. The van der Waals surface area contributed by atoms with Crippen LogP contribution in [0.15, 0.2) is 12.3 Å². The summed E-state index contributed by atoms with van der Waals surface area (Å²) in [6, 6.07) is 3.91. The number of aromatic nitrogens is 1. The molecule has 0 amide bonds. The molecule has 1 aromatic heterocycles. The summed E-state index contributed by atoms with van der Waals surface area (Å²) in [7, 11) is 0. The lowest BCUT2D eigenvalue weighted by molar-refractivity contribution is 0.428. The first-order chi connectivity index (χ1) is 7.76. The van der Waals surface area contributed by atoms with Gasteiger partial charge in [-0.2, -0.15) is 5.26 Å². The molecule has 0 aliphatic carbocycles. The van der Waals surface area contributed by atoms with Gasteiger partial charge in [0.2, 0.25) is 0 Å². The van der Waals surface area contributed by atoms with Crippen molar-refractivity contribution >= 4 is 5.69 Å². The maximum absolute atomic E-state index is 12.8. The van der Waals surface area contributed by atoms with E-state index >= 15 is 0 Å². The fourth-order valence-electron chi connectivity index (χ4n) is 2.18. The summed E-state index contributed by atoms with van der Waals surface area (Å²) in [5, 5.41) is 9.02. The molecule has 1 aliphatic heterocycles. The van der Waals surface area contributed by atoms with Gasteiger partial charge in [0, 0.05) is 18.4 Å². The largest absolute Gasteiger partial charge is 0.365 e. The Hall–Kier alpha value is -1.63. The van der Waals surface area contributed by atoms with Crippen molar-refractivity contribution in [2.75, 3.05) is 18.1 Å². The smallest absolute Gasteiger partial charge is 0.110 e. The van der Waals surface area contributed by atoms with E-state index in [1.807, 2.05) is 17.9 Å². The second kappa shape index (κ2) is 4.48. The van der Waals surface area contributed by atoms with Gasteiger partial charge in [-0.25, -0.2) is 4.39 Å². The Morgan fingerprint density at radius 3 is 3.19 bits per heavy atom. The van der Waals surface area contributed by atoms with Crippen LogP contribution in [0.25, 0.3) is 0 Å². The van der Waals surface area contributed by atoms with Crippen molar-refractivity contribution in [3.63, 3.8) is 0 Å². The number of hydrogen-bond donors (Lipinski definition) is 0. The van der Waals surface area contributed by atoms with Gasteiger partial charge in [-0.15, -0.1) is 0 Å². The SMILES string of the molecule is Cc1cc(N2CCC[C@@H]2CF)c(C#N)cn1. The van der Waals surface area contributed by atoms with E-state index in [0.717, 1.165) is 30.8 Å². The molecule has 4 heteroatoms. The molecule has 1 aromatic rings. The Morgan fingerprint density at radius 2 is 2.50 bits per heavy atom. The number of alkyl halides is 1. The summed E-state index contributed by atoms with van der Waals surface area (Å²) in [4.78, 5) is 6.08. The minimum absolute atomic E-state index is 0.0751. The third-order valence-corrected chi connectivity index (χ3v) is 3.00. The predicted octanol–water partition coefficient (Wildman–Crippen LogP) is 2.20. The van der Waals surface area contributed by atoms with Crippen LogP contribution in [0.1, 0.15) is 24.1 Å². The molecule has 0 spiro atoms. The van der Waals surface area contributed by atoms with Gasteiger partial charge >= 0.3 is 0 Å². The van der Waals surface area contributed by atoms with Gasteiger partial charge in [-0.3, -0.25) is 4.98 Å².